The molecule has 3 nitrogen and oxygen atoms in total. The van der Waals surface area contributed by atoms with Crippen LogP contribution in [-0.4, -0.2) is 15.3 Å². The number of benzene rings is 1. The Morgan fingerprint density at radius 3 is 2.58 bits per heavy atom. The lowest BCUT2D eigenvalue weighted by molar-refractivity contribution is 0.424. The van der Waals surface area contributed by atoms with E-state index in [2.05, 4.69) is 65.3 Å². The van der Waals surface area contributed by atoms with E-state index in [1.54, 1.807) is 0 Å². The van der Waals surface area contributed by atoms with E-state index >= 15 is 0 Å². The molecule has 0 unspecified atom stereocenters. The van der Waals surface area contributed by atoms with E-state index in [1.807, 2.05) is 24.0 Å². The molecule has 0 aliphatic carbocycles. The predicted molar refractivity (Wildman–Crippen MR) is 82.6 cm³/mol. The Hall–Kier alpha value is -1.13. The first-order valence-corrected chi connectivity index (χ1v) is 7.19. The van der Waals surface area contributed by atoms with Crippen LogP contribution in [0.3, 0.4) is 0 Å². The number of nitrogens with zero attached hydrogens (tertiary/aromatic N) is 2. The van der Waals surface area contributed by atoms with E-state index in [9.17, 15) is 0 Å². The first-order chi connectivity index (χ1) is 8.85. The molecule has 0 radical (unpaired) electrons. The van der Waals surface area contributed by atoms with Crippen molar-refractivity contribution in [2.45, 2.75) is 39.8 Å². The molecule has 19 heavy (non-hydrogen) atoms. The summed E-state index contributed by atoms with van der Waals surface area (Å²) in [7, 11) is 0. The van der Waals surface area contributed by atoms with Gasteiger partial charge in [0.15, 0.2) is 0 Å². The maximum Gasteiger partial charge on any atom is 0.0657 e. The van der Waals surface area contributed by atoms with Crippen LogP contribution in [0.4, 0.5) is 0 Å². The molecular formula is C15H20BrN3. The highest BCUT2D eigenvalue weighted by molar-refractivity contribution is 9.10. The fourth-order valence-corrected chi connectivity index (χ4v) is 2.24. The molecule has 0 atom stereocenters. The summed E-state index contributed by atoms with van der Waals surface area (Å²) in [6.45, 7) is 9.40. The number of nitrogens with one attached hydrogen (secondary N) is 1. The van der Waals surface area contributed by atoms with Crippen LogP contribution in [0.2, 0.25) is 0 Å². The van der Waals surface area contributed by atoms with Crippen LogP contribution in [0.5, 0.6) is 0 Å². The van der Waals surface area contributed by atoms with Crippen LogP contribution >= 0.6 is 15.9 Å². The molecule has 1 aromatic carbocycles. The van der Waals surface area contributed by atoms with Crippen molar-refractivity contribution in [3.8, 4) is 5.69 Å². The Labute approximate surface area is 123 Å². The van der Waals surface area contributed by atoms with E-state index in [1.165, 1.54) is 5.56 Å². The number of aryl methyl sites for hydroxylation is 1. The summed E-state index contributed by atoms with van der Waals surface area (Å²) in [5, 5.41) is 7.81. The Bertz CT molecular complexity index is 567. The van der Waals surface area contributed by atoms with Gasteiger partial charge < -0.3 is 5.32 Å². The first-order valence-electron chi connectivity index (χ1n) is 6.40. The normalized spacial score (nSPS) is 11.8. The van der Waals surface area contributed by atoms with Crippen molar-refractivity contribution in [3.63, 3.8) is 0 Å². The van der Waals surface area contributed by atoms with Gasteiger partial charge in [0.2, 0.25) is 0 Å². The van der Waals surface area contributed by atoms with Crippen molar-refractivity contribution in [2.24, 2.45) is 0 Å². The summed E-state index contributed by atoms with van der Waals surface area (Å²) in [5.74, 6) is 0. The standard InChI is InChI=1S/C15H20BrN3/c1-11-8-18-19(10-11)13-6-5-12(14(16)7-13)9-17-15(2,3)4/h5-8,10,17H,9H2,1-4H3. The molecule has 1 aromatic heterocycles. The molecule has 0 aliphatic heterocycles. The third-order valence-electron chi connectivity index (χ3n) is 2.82. The Morgan fingerprint density at radius 2 is 2.05 bits per heavy atom. The van der Waals surface area contributed by atoms with Crippen LogP contribution < -0.4 is 5.32 Å². The van der Waals surface area contributed by atoms with Gasteiger partial charge in [-0.25, -0.2) is 4.68 Å². The zero-order chi connectivity index (χ0) is 14.0. The van der Waals surface area contributed by atoms with Gasteiger partial charge in [0, 0.05) is 22.8 Å². The zero-order valence-electron chi connectivity index (χ0n) is 11.9. The maximum absolute atomic E-state index is 4.32. The van der Waals surface area contributed by atoms with Gasteiger partial charge in [-0.2, -0.15) is 5.10 Å². The summed E-state index contributed by atoms with van der Waals surface area (Å²) >= 11 is 3.64. The first kappa shape index (κ1) is 14.3. The van der Waals surface area contributed by atoms with Gasteiger partial charge in [-0.15, -0.1) is 0 Å². The van der Waals surface area contributed by atoms with Crippen LogP contribution in [0, 0.1) is 6.92 Å². The van der Waals surface area contributed by atoms with Crippen molar-refractivity contribution >= 4 is 15.9 Å². The number of aromatic nitrogens is 2. The monoisotopic (exact) mass is 321 g/mol. The molecule has 2 rings (SSSR count). The van der Waals surface area contributed by atoms with Crippen molar-refractivity contribution in [3.05, 3.63) is 46.2 Å². The molecule has 0 amide bonds. The summed E-state index contributed by atoms with van der Waals surface area (Å²) in [4.78, 5) is 0. The molecule has 0 aliphatic rings. The second-order valence-electron chi connectivity index (χ2n) is 5.84. The fraction of sp³-hybridized carbons (Fsp3) is 0.400. The molecule has 2 aromatic rings. The molecule has 4 heteroatoms. The average Bonchev–Trinajstić information content (AvgIpc) is 2.73. The minimum absolute atomic E-state index is 0.122. The molecule has 0 spiro atoms. The number of halogens is 1. The topological polar surface area (TPSA) is 29.9 Å². The van der Waals surface area contributed by atoms with E-state index in [4.69, 9.17) is 0 Å². The van der Waals surface area contributed by atoms with E-state index < -0.39 is 0 Å². The molecule has 1 heterocycles. The third-order valence-corrected chi connectivity index (χ3v) is 3.56. The SMILES string of the molecule is Cc1cnn(-c2ccc(CNC(C)(C)C)c(Br)c2)c1. The van der Waals surface area contributed by atoms with E-state index in [0.717, 1.165) is 22.3 Å². The fourth-order valence-electron chi connectivity index (χ4n) is 1.74. The molecule has 0 saturated carbocycles. The van der Waals surface area contributed by atoms with Gasteiger partial charge in [0.1, 0.15) is 0 Å². The predicted octanol–water partition coefficient (Wildman–Crippen LogP) is 3.83. The Morgan fingerprint density at radius 1 is 1.32 bits per heavy atom. The van der Waals surface area contributed by atoms with E-state index in [-0.39, 0.29) is 5.54 Å². The van der Waals surface area contributed by atoms with Crippen LogP contribution in [0.25, 0.3) is 5.69 Å². The van der Waals surface area contributed by atoms with Crippen molar-refractivity contribution < 1.29 is 0 Å². The summed E-state index contributed by atoms with van der Waals surface area (Å²) in [5.41, 5.74) is 3.61. The molecule has 0 saturated heterocycles. The number of hydrogen-bond acceptors (Lipinski definition) is 2. The minimum atomic E-state index is 0.122. The van der Waals surface area contributed by atoms with Gasteiger partial charge in [0.05, 0.1) is 11.9 Å². The van der Waals surface area contributed by atoms with Crippen molar-refractivity contribution in [2.75, 3.05) is 0 Å². The van der Waals surface area contributed by atoms with Crippen LogP contribution in [0.1, 0.15) is 31.9 Å². The second-order valence-corrected chi connectivity index (χ2v) is 6.70. The maximum atomic E-state index is 4.32. The highest BCUT2D eigenvalue weighted by Gasteiger charge is 2.10. The number of hydrogen-bond donors (Lipinski definition) is 1. The Balaban J connectivity index is 2.18. The summed E-state index contributed by atoms with van der Waals surface area (Å²) in [6.07, 6.45) is 3.89. The van der Waals surface area contributed by atoms with E-state index in [0.29, 0.717) is 0 Å². The van der Waals surface area contributed by atoms with Crippen LogP contribution in [-0.2, 0) is 6.54 Å². The molecule has 102 valence electrons. The minimum Gasteiger partial charge on any atom is -0.308 e. The largest absolute Gasteiger partial charge is 0.308 e. The lowest BCUT2D eigenvalue weighted by Gasteiger charge is -2.21. The Kier molecular flexibility index (Phi) is 4.11. The molecule has 1 N–H and O–H groups in total. The lowest BCUT2D eigenvalue weighted by Crippen LogP contribution is -2.35. The van der Waals surface area contributed by atoms with Crippen LogP contribution in [0.15, 0.2) is 35.1 Å². The van der Waals surface area contributed by atoms with Gasteiger partial charge >= 0.3 is 0 Å². The zero-order valence-corrected chi connectivity index (χ0v) is 13.5. The smallest absolute Gasteiger partial charge is 0.0657 e. The lowest BCUT2D eigenvalue weighted by atomic mass is 10.1. The summed E-state index contributed by atoms with van der Waals surface area (Å²) in [6, 6.07) is 6.33. The summed E-state index contributed by atoms with van der Waals surface area (Å²) < 4.78 is 3.00. The molecule has 0 bridgehead atoms. The second kappa shape index (κ2) is 5.47. The highest BCUT2D eigenvalue weighted by atomic mass is 79.9. The van der Waals surface area contributed by atoms with Gasteiger partial charge in [-0.1, -0.05) is 22.0 Å². The highest BCUT2D eigenvalue weighted by Crippen LogP contribution is 2.21. The third kappa shape index (κ3) is 3.91. The molecular weight excluding hydrogens is 302 g/mol. The van der Waals surface area contributed by atoms with Crippen molar-refractivity contribution in [1.82, 2.24) is 15.1 Å². The number of rotatable bonds is 3. The van der Waals surface area contributed by atoms with Crippen molar-refractivity contribution in [1.29, 1.82) is 0 Å². The van der Waals surface area contributed by atoms with Gasteiger partial charge in [0.25, 0.3) is 0 Å². The molecule has 0 fully saturated rings. The van der Waals surface area contributed by atoms with Gasteiger partial charge in [-0.3, -0.25) is 0 Å². The average molecular weight is 322 g/mol. The van der Waals surface area contributed by atoms with Gasteiger partial charge in [-0.05, 0) is 51.0 Å². The quantitative estimate of drug-likeness (QED) is 0.931.